The Bertz CT molecular complexity index is 550. The summed E-state index contributed by atoms with van der Waals surface area (Å²) in [6.45, 7) is 2.20. The van der Waals surface area contributed by atoms with Crippen molar-refractivity contribution in [3.63, 3.8) is 0 Å². The molecule has 4 nitrogen and oxygen atoms in total. The molecule has 1 N–H and O–H groups in total. The number of hydrogen-bond acceptors (Lipinski definition) is 3. The van der Waals surface area contributed by atoms with Gasteiger partial charge in [0.05, 0.1) is 0 Å². The standard InChI is InChI=1S/C16H22N4/c1-19(2)14-5-3-13(4-6-14)16-18-11-12-20(16)15-7-9-17-10-8-15/h3-6,11-12,15,17H,7-10H2,1-2H3. The first-order valence-electron chi connectivity index (χ1n) is 7.27. The number of imidazole rings is 1. The fourth-order valence-electron chi connectivity index (χ4n) is 2.82. The summed E-state index contributed by atoms with van der Waals surface area (Å²) >= 11 is 0. The Kier molecular flexibility index (Phi) is 3.74. The predicted molar refractivity (Wildman–Crippen MR) is 83.1 cm³/mol. The smallest absolute Gasteiger partial charge is 0.140 e. The number of anilines is 1. The highest BCUT2D eigenvalue weighted by atomic mass is 15.1. The van der Waals surface area contributed by atoms with Crippen molar-refractivity contribution in [1.82, 2.24) is 14.9 Å². The second-order valence-corrected chi connectivity index (χ2v) is 5.58. The van der Waals surface area contributed by atoms with Gasteiger partial charge in [-0.1, -0.05) is 0 Å². The third-order valence-electron chi connectivity index (χ3n) is 4.01. The molecule has 0 saturated carbocycles. The van der Waals surface area contributed by atoms with E-state index in [9.17, 15) is 0 Å². The molecular formula is C16H22N4. The van der Waals surface area contributed by atoms with Crippen molar-refractivity contribution >= 4 is 5.69 Å². The molecule has 0 unspecified atom stereocenters. The Morgan fingerprint density at radius 2 is 1.85 bits per heavy atom. The molecule has 0 amide bonds. The van der Waals surface area contributed by atoms with Crippen LogP contribution >= 0.6 is 0 Å². The molecule has 2 heterocycles. The van der Waals surface area contributed by atoms with Crippen molar-refractivity contribution < 1.29 is 0 Å². The third-order valence-corrected chi connectivity index (χ3v) is 4.01. The first-order valence-corrected chi connectivity index (χ1v) is 7.27. The molecule has 3 rings (SSSR count). The molecule has 0 atom stereocenters. The molecule has 0 spiro atoms. The van der Waals surface area contributed by atoms with E-state index in [0.29, 0.717) is 6.04 Å². The van der Waals surface area contributed by atoms with E-state index < -0.39 is 0 Å². The van der Waals surface area contributed by atoms with Gasteiger partial charge >= 0.3 is 0 Å². The van der Waals surface area contributed by atoms with Gasteiger partial charge in [-0.25, -0.2) is 4.98 Å². The van der Waals surface area contributed by atoms with Crippen LogP contribution in [0.1, 0.15) is 18.9 Å². The van der Waals surface area contributed by atoms with Crippen molar-refractivity contribution in [2.24, 2.45) is 0 Å². The molecule has 1 fully saturated rings. The van der Waals surface area contributed by atoms with Crippen LogP contribution in [-0.2, 0) is 0 Å². The lowest BCUT2D eigenvalue weighted by molar-refractivity contribution is 0.370. The van der Waals surface area contributed by atoms with Crippen molar-refractivity contribution in [3.05, 3.63) is 36.7 Å². The molecule has 4 heteroatoms. The van der Waals surface area contributed by atoms with Gasteiger partial charge in [-0.15, -0.1) is 0 Å². The van der Waals surface area contributed by atoms with E-state index in [1.807, 2.05) is 6.20 Å². The highest BCUT2D eigenvalue weighted by Crippen LogP contribution is 2.27. The fraction of sp³-hybridized carbons (Fsp3) is 0.438. The quantitative estimate of drug-likeness (QED) is 0.930. The van der Waals surface area contributed by atoms with Gasteiger partial charge in [0.2, 0.25) is 0 Å². The molecule has 1 aromatic carbocycles. The van der Waals surface area contributed by atoms with E-state index in [4.69, 9.17) is 0 Å². The Morgan fingerprint density at radius 3 is 2.50 bits per heavy atom. The Balaban J connectivity index is 1.88. The summed E-state index contributed by atoms with van der Waals surface area (Å²) in [5.41, 5.74) is 2.41. The Morgan fingerprint density at radius 1 is 1.15 bits per heavy atom. The summed E-state index contributed by atoms with van der Waals surface area (Å²) in [6.07, 6.45) is 6.39. The largest absolute Gasteiger partial charge is 0.378 e. The molecule has 1 saturated heterocycles. The first kappa shape index (κ1) is 13.2. The third kappa shape index (κ3) is 2.56. The Labute approximate surface area is 120 Å². The number of rotatable bonds is 3. The maximum absolute atomic E-state index is 4.57. The minimum atomic E-state index is 0.572. The monoisotopic (exact) mass is 270 g/mol. The summed E-state index contributed by atoms with van der Waals surface area (Å²) in [5.74, 6) is 1.09. The SMILES string of the molecule is CN(C)c1ccc(-c2nccn2C2CCNCC2)cc1. The van der Waals surface area contributed by atoms with Crippen molar-refractivity contribution in [2.75, 3.05) is 32.1 Å². The average molecular weight is 270 g/mol. The molecule has 0 bridgehead atoms. The number of hydrogen-bond donors (Lipinski definition) is 1. The zero-order valence-corrected chi connectivity index (χ0v) is 12.2. The maximum atomic E-state index is 4.57. The van der Waals surface area contributed by atoms with Crippen LogP contribution in [0.15, 0.2) is 36.7 Å². The Hall–Kier alpha value is -1.81. The lowest BCUT2D eigenvalue weighted by Crippen LogP contribution is -2.29. The molecule has 1 aliphatic rings. The van der Waals surface area contributed by atoms with E-state index >= 15 is 0 Å². The zero-order valence-electron chi connectivity index (χ0n) is 12.2. The molecule has 2 aromatic rings. The van der Waals surface area contributed by atoms with Crippen LogP contribution in [0.4, 0.5) is 5.69 Å². The van der Waals surface area contributed by atoms with Crippen molar-refractivity contribution in [1.29, 1.82) is 0 Å². The second kappa shape index (κ2) is 5.67. The van der Waals surface area contributed by atoms with Crippen LogP contribution in [0.5, 0.6) is 0 Å². The van der Waals surface area contributed by atoms with Gasteiger partial charge in [0.25, 0.3) is 0 Å². The summed E-state index contributed by atoms with van der Waals surface area (Å²) in [4.78, 5) is 6.68. The highest BCUT2D eigenvalue weighted by molar-refractivity contribution is 5.60. The minimum Gasteiger partial charge on any atom is -0.378 e. The first-order chi connectivity index (χ1) is 9.75. The van der Waals surface area contributed by atoms with Crippen molar-refractivity contribution in [3.8, 4) is 11.4 Å². The fourth-order valence-corrected chi connectivity index (χ4v) is 2.82. The number of aromatic nitrogens is 2. The van der Waals surface area contributed by atoms with Crippen LogP contribution in [0.2, 0.25) is 0 Å². The molecule has 1 aliphatic heterocycles. The lowest BCUT2D eigenvalue weighted by Gasteiger charge is -2.25. The van der Waals surface area contributed by atoms with Crippen LogP contribution in [0, 0.1) is 0 Å². The normalized spacial score (nSPS) is 16.3. The van der Waals surface area contributed by atoms with Crippen molar-refractivity contribution in [2.45, 2.75) is 18.9 Å². The van der Waals surface area contributed by atoms with E-state index in [0.717, 1.165) is 18.9 Å². The van der Waals surface area contributed by atoms with E-state index in [1.54, 1.807) is 0 Å². The van der Waals surface area contributed by atoms with E-state index in [1.165, 1.54) is 24.1 Å². The number of benzene rings is 1. The van der Waals surface area contributed by atoms with E-state index in [-0.39, 0.29) is 0 Å². The lowest BCUT2D eigenvalue weighted by atomic mass is 10.1. The topological polar surface area (TPSA) is 33.1 Å². The van der Waals surface area contributed by atoms with Crippen LogP contribution < -0.4 is 10.2 Å². The molecular weight excluding hydrogens is 248 g/mol. The number of piperidine rings is 1. The minimum absolute atomic E-state index is 0.572. The maximum Gasteiger partial charge on any atom is 0.140 e. The summed E-state index contributed by atoms with van der Waals surface area (Å²) in [6, 6.07) is 9.19. The van der Waals surface area contributed by atoms with E-state index in [2.05, 4.69) is 64.3 Å². The highest BCUT2D eigenvalue weighted by Gasteiger charge is 2.18. The summed E-state index contributed by atoms with van der Waals surface area (Å²) in [7, 11) is 4.12. The molecule has 0 aliphatic carbocycles. The van der Waals surface area contributed by atoms with Gasteiger partial charge in [0.15, 0.2) is 0 Å². The van der Waals surface area contributed by atoms with Gasteiger partial charge in [-0.3, -0.25) is 0 Å². The molecule has 20 heavy (non-hydrogen) atoms. The van der Waals surface area contributed by atoms with Gasteiger partial charge in [-0.2, -0.15) is 0 Å². The molecule has 106 valence electrons. The number of nitrogens with one attached hydrogen (secondary N) is 1. The molecule has 0 radical (unpaired) electrons. The van der Waals surface area contributed by atoms with Gasteiger partial charge < -0.3 is 14.8 Å². The van der Waals surface area contributed by atoms with Gasteiger partial charge in [0.1, 0.15) is 5.82 Å². The average Bonchev–Trinajstić information content (AvgIpc) is 2.97. The molecule has 1 aromatic heterocycles. The van der Waals surface area contributed by atoms with Crippen LogP contribution in [-0.4, -0.2) is 36.7 Å². The zero-order chi connectivity index (χ0) is 13.9. The summed E-state index contributed by atoms with van der Waals surface area (Å²) < 4.78 is 2.34. The van der Waals surface area contributed by atoms with Crippen LogP contribution in [0.3, 0.4) is 0 Å². The predicted octanol–water partition coefficient (Wildman–Crippen LogP) is 2.54. The van der Waals surface area contributed by atoms with Gasteiger partial charge in [-0.05, 0) is 50.2 Å². The number of nitrogens with zero attached hydrogens (tertiary/aromatic N) is 3. The van der Waals surface area contributed by atoms with Gasteiger partial charge in [0, 0.05) is 43.8 Å². The second-order valence-electron chi connectivity index (χ2n) is 5.58. The summed E-state index contributed by atoms with van der Waals surface area (Å²) in [5, 5.41) is 3.42. The van der Waals surface area contributed by atoms with Crippen LogP contribution in [0.25, 0.3) is 11.4 Å².